The minimum absolute atomic E-state index is 0.0837. The SMILES string of the molecule is CC(CNc1cc(F)c(Br)cc1[N+](=O)[O-])N(C)C. The lowest BCUT2D eigenvalue weighted by atomic mass is 10.2. The molecule has 5 nitrogen and oxygen atoms in total. The zero-order chi connectivity index (χ0) is 13.9. The fourth-order valence-corrected chi connectivity index (χ4v) is 1.60. The van der Waals surface area contributed by atoms with Gasteiger partial charge in [0, 0.05) is 24.7 Å². The molecule has 0 amide bonds. The number of nitro groups is 1. The summed E-state index contributed by atoms with van der Waals surface area (Å²) in [5, 5.41) is 13.8. The number of halogens is 2. The topological polar surface area (TPSA) is 58.4 Å². The molecule has 1 unspecified atom stereocenters. The highest BCUT2D eigenvalue weighted by atomic mass is 79.9. The van der Waals surface area contributed by atoms with E-state index < -0.39 is 10.7 Å². The fraction of sp³-hybridized carbons (Fsp3) is 0.455. The molecule has 0 saturated heterocycles. The van der Waals surface area contributed by atoms with Gasteiger partial charge in [-0.2, -0.15) is 0 Å². The first-order chi connectivity index (χ1) is 8.32. The van der Waals surface area contributed by atoms with E-state index in [-0.39, 0.29) is 21.9 Å². The average Bonchev–Trinajstić information content (AvgIpc) is 2.29. The van der Waals surface area contributed by atoms with Gasteiger partial charge in [0.15, 0.2) is 0 Å². The molecule has 1 N–H and O–H groups in total. The lowest BCUT2D eigenvalue weighted by molar-refractivity contribution is -0.384. The number of nitrogens with one attached hydrogen (secondary N) is 1. The molecule has 0 aliphatic rings. The van der Waals surface area contributed by atoms with E-state index in [1.165, 1.54) is 0 Å². The Morgan fingerprint density at radius 3 is 2.67 bits per heavy atom. The fourth-order valence-electron chi connectivity index (χ4n) is 1.27. The lowest BCUT2D eigenvalue weighted by Crippen LogP contribution is -2.31. The lowest BCUT2D eigenvalue weighted by Gasteiger charge is -2.20. The number of hydrogen-bond donors (Lipinski definition) is 1. The van der Waals surface area contributed by atoms with Gasteiger partial charge in [-0.3, -0.25) is 10.1 Å². The number of hydrogen-bond acceptors (Lipinski definition) is 4. The van der Waals surface area contributed by atoms with Crippen molar-refractivity contribution in [3.05, 3.63) is 32.5 Å². The van der Waals surface area contributed by atoms with Crippen LogP contribution in [0, 0.1) is 15.9 Å². The van der Waals surface area contributed by atoms with Crippen molar-refractivity contribution in [2.45, 2.75) is 13.0 Å². The van der Waals surface area contributed by atoms with Crippen molar-refractivity contribution < 1.29 is 9.31 Å². The predicted molar refractivity (Wildman–Crippen MR) is 72.4 cm³/mol. The summed E-state index contributed by atoms with van der Waals surface area (Å²) < 4.78 is 13.5. The van der Waals surface area contributed by atoms with E-state index in [4.69, 9.17) is 0 Å². The van der Waals surface area contributed by atoms with Gasteiger partial charge in [-0.05, 0) is 36.9 Å². The third kappa shape index (κ3) is 3.64. The molecule has 0 bridgehead atoms. The molecule has 18 heavy (non-hydrogen) atoms. The van der Waals surface area contributed by atoms with Crippen LogP contribution >= 0.6 is 15.9 Å². The van der Waals surface area contributed by atoms with Crippen LogP contribution in [-0.4, -0.2) is 36.5 Å². The summed E-state index contributed by atoms with van der Waals surface area (Å²) in [6.07, 6.45) is 0. The Hall–Kier alpha value is -1.21. The molecule has 1 aromatic carbocycles. The van der Waals surface area contributed by atoms with E-state index in [1.54, 1.807) is 0 Å². The van der Waals surface area contributed by atoms with E-state index in [0.717, 1.165) is 12.1 Å². The molecule has 1 aromatic rings. The molecule has 0 aliphatic carbocycles. The van der Waals surface area contributed by atoms with Crippen molar-refractivity contribution in [2.24, 2.45) is 0 Å². The van der Waals surface area contributed by atoms with Crippen LogP contribution < -0.4 is 5.32 Å². The van der Waals surface area contributed by atoms with Crippen LogP contribution in [0.2, 0.25) is 0 Å². The van der Waals surface area contributed by atoms with Crippen LogP contribution in [0.25, 0.3) is 0 Å². The van der Waals surface area contributed by atoms with Crippen LogP contribution in [0.3, 0.4) is 0 Å². The summed E-state index contributed by atoms with van der Waals surface area (Å²) in [5.74, 6) is -0.527. The first-order valence-electron chi connectivity index (χ1n) is 5.36. The number of rotatable bonds is 5. The van der Waals surface area contributed by atoms with Crippen LogP contribution in [-0.2, 0) is 0 Å². The third-order valence-electron chi connectivity index (χ3n) is 2.70. The second kappa shape index (κ2) is 6.10. The van der Waals surface area contributed by atoms with Crippen molar-refractivity contribution in [1.82, 2.24) is 4.90 Å². The van der Waals surface area contributed by atoms with Crippen molar-refractivity contribution in [1.29, 1.82) is 0 Å². The van der Waals surface area contributed by atoms with Gasteiger partial charge in [0.25, 0.3) is 5.69 Å². The van der Waals surface area contributed by atoms with Gasteiger partial charge >= 0.3 is 0 Å². The molecular weight excluding hydrogens is 305 g/mol. The highest BCUT2D eigenvalue weighted by Gasteiger charge is 2.18. The normalized spacial score (nSPS) is 12.6. The van der Waals surface area contributed by atoms with Gasteiger partial charge in [-0.25, -0.2) is 4.39 Å². The number of benzene rings is 1. The van der Waals surface area contributed by atoms with Gasteiger partial charge in [0.1, 0.15) is 11.5 Å². The smallest absolute Gasteiger partial charge is 0.293 e. The monoisotopic (exact) mass is 319 g/mol. The molecule has 0 aromatic heterocycles. The zero-order valence-electron chi connectivity index (χ0n) is 10.4. The van der Waals surface area contributed by atoms with Crippen LogP contribution in [0.5, 0.6) is 0 Å². The number of nitro benzene ring substituents is 1. The Labute approximate surface area is 113 Å². The summed E-state index contributed by atoms with van der Waals surface area (Å²) in [6.45, 7) is 2.46. The van der Waals surface area contributed by atoms with Crippen molar-refractivity contribution in [3.8, 4) is 0 Å². The van der Waals surface area contributed by atoms with Crippen molar-refractivity contribution >= 4 is 27.3 Å². The van der Waals surface area contributed by atoms with Crippen LogP contribution in [0.4, 0.5) is 15.8 Å². The second-order valence-electron chi connectivity index (χ2n) is 4.23. The summed E-state index contributed by atoms with van der Waals surface area (Å²) in [4.78, 5) is 12.3. The molecule has 1 atom stereocenters. The second-order valence-corrected chi connectivity index (χ2v) is 5.09. The summed E-state index contributed by atoms with van der Waals surface area (Å²) >= 11 is 2.94. The van der Waals surface area contributed by atoms with Gasteiger partial charge < -0.3 is 10.2 Å². The highest BCUT2D eigenvalue weighted by Crippen LogP contribution is 2.30. The first kappa shape index (κ1) is 14.8. The van der Waals surface area contributed by atoms with E-state index in [0.29, 0.717) is 6.54 Å². The molecule has 0 radical (unpaired) electrons. The van der Waals surface area contributed by atoms with E-state index >= 15 is 0 Å². The maximum absolute atomic E-state index is 13.4. The number of anilines is 1. The van der Waals surface area contributed by atoms with E-state index in [9.17, 15) is 14.5 Å². The van der Waals surface area contributed by atoms with Gasteiger partial charge in [0.05, 0.1) is 9.40 Å². The quantitative estimate of drug-likeness (QED) is 0.669. The molecule has 100 valence electrons. The Morgan fingerprint density at radius 2 is 2.17 bits per heavy atom. The molecule has 1 rings (SSSR count). The molecule has 0 saturated carbocycles. The average molecular weight is 320 g/mol. The number of likely N-dealkylation sites (N-methyl/N-ethyl adjacent to an activating group) is 1. The van der Waals surface area contributed by atoms with Crippen LogP contribution in [0.15, 0.2) is 16.6 Å². The van der Waals surface area contributed by atoms with Crippen molar-refractivity contribution in [3.63, 3.8) is 0 Å². The Bertz CT molecular complexity index is 454. The standard InChI is InChI=1S/C11H15BrFN3O2/c1-7(15(2)3)6-14-10-5-9(13)8(12)4-11(10)16(17)18/h4-5,7,14H,6H2,1-3H3. The highest BCUT2D eigenvalue weighted by molar-refractivity contribution is 9.10. The van der Waals surface area contributed by atoms with Crippen molar-refractivity contribution in [2.75, 3.05) is 26.0 Å². The molecule has 0 spiro atoms. The first-order valence-corrected chi connectivity index (χ1v) is 6.16. The summed E-state index contributed by atoms with van der Waals surface area (Å²) in [7, 11) is 3.81. The number of nitrogens with zero attached hydrogens (tertiary/aromatic N) is 2. The van der Waals surface area contributed by atoms with E-state index in [2.05, 4.69) is 21.2 Å². The summed E-state index contributed by atoms with van der Waals surface area (Å²) in [5.41, 5.74) is 0.0450. The van der Waals surface area contributed by atoms with Gasteiger partial charge in [-0.15, -0.1) is 0 Å². The Morgan fingerprint density at radius 1 is 1.56 bits per heavy atom. The Balaban J connectivity index is 2.93. The minimum atomic E-state index is -0.535. The zero-order valence-corrected chi connectivity index (χ0v) is 12.0. The molecule has 0 aliphatic heterocycles. The largest absolute Gasteiger partial charge is 0.378 e. The van der Waals surface area contributed by atoms with E-state index in [1.807, 2.05) is 25.9 Å². The molecule has 0 fully saturated rings. The Kier molecular flexibility index (Phi) is 5.03. The molecule has 0 heterocycles. The minimum Gasteiger partial charge on any atom is -0.378 e. The van der Waals surface area contributed by atoms with Crippen LogP contribution in [0.1, 0.15) is 6.92 Å². The molecule has 7 heteroatoms. The summed E-state index contributed by atoms with van der Waals surface area (Å²) in [6, 6.07) is 2.47. The maximum Gasteiger partial charge on any atom is 0.293 e. The maximum atomic E-state index is 13.4. The van der Waals surface area contributed by atoms with Gasteiger partial charge in [0.2, 0.25) is 0 Å². The molecular formula is C11H15BrFN3O2. The van der Waals surface area contributed by atoms with Gasteiger partial charge in [-0.1, -0.05) is 0 Å². The predicted octanol–water partition coefficient (Wildman–Crippen LogP) is 2.86. The third-order valence-corrected chi connectivity index (χ3v) is 3.31.